The van der Waals surface area contributed by atoms with Gasteiger partial charge in [0, 0.05) is 12.7 Å². The van der Waals surface area contributed by atoms with E-state index in [0.717, 1.165) is 12.5 Å². The predicted molar refractivity (Wildman–Crippen MR) is 91.6 cm³/mol. The fraction of sp³-hybridized carbons (Fsp3) is 0.526. The Morgan fingerprint density at radius 2 is 2.17 bits per heavy atom. The van der Waals surface area contributed by atoms with E-state index in [1.807, 2.05) is 6.07 Å². The van der Waals surface area contributed by atoms with E-state index in [0.29, 0.717) is 28.2 Å². The van der Waals surface area contributed by atoms with Gasteiger partial charge in [-0.1, -0.05) is 13.8 Å². The topological polar surface area (TPSA) is 78.7 Å². The minimum Gasteiger partial charge on any atom is -0.321 e. The predicted octanol–water partition coefficient (Wildman–Crippen LogP) is 2.63. The van der Waals surface area contributed by atoms with Crippen molar-refractivity contribution in [3.63, 3.8) is 0 Å². The first-order valence-corrected chi connectivity index (χ1v) is 8.58. The number of nitriles is 1. The lowest BCUT2D eigenvalue weighted by atomic mass is 9.45. The highest BCUT2D eigenvalue weighted by molar-refractivity contribution is 5.78. The van der Waals surface area contributed by atoms with E-state index in [1.165, 1.54) is 25.3 Å². The van der Waals surface area contributed by atoms with Gasteiger partial charge in [-0.15, -0.1) is 0 Å². The van der Waals surface area contributed by atoms with Crippen molar-refractivity contribution in [2.45, 2.75) is 39.7 Å². The lowest BCUT2D eigenvalue weighted by molar-refractivity contribution is -0.109. The Labute approximate surface area is 139 Å². The van der Waals surface area contributed by atoms with Crippen molar-refractivity contribution in [2.75, 3.05) is 0 Å². The quantitative estimate of drug-likeness (QED) is 0.922. The highest BCUT2D eigenvalue weighted by Crippen LogP contribution is 2.61. The maximum atomic E-state index is 12.8. The number of H-pyrrole nitrogens is 1. The van der Waals surface area contributed by atoms with Crippen molar-refractivity contribution in [1.82, 2.24) is 9.55 Å². The zero-order valence-corrected chi connectivity index (χ0v) is 14.0. The fourth-order valence-corrected chi connectivity index (χ4v) is 4.90. The molecule has 3 aliphatic carbocycles. The maximum absolute atomic E-state index is 12.8. The largest absolute Gasteiger partial charge is 0.321 e. The standard InChI is InChI=1S/C19H21N3O2/c1-19(2)13-4-3-11(15(19)8-13)10-22-6-5-16-14(18(22)24)7-12(9-20)17(23)21-16/h5-7,11,13,15H,3-4,8,10H2,1-2H3,(H,21,23)/t11-,13-,15-/m1/s1. The molecule has 3 fully saturated rings. The van der Waals surface area contributed by atoms with E-state index in [-0.39, 0.29) is 11.1 Å². The molecule has 0 spiro atoms. The van der Waals surface area contributed by atoms with Crippen LogP contribution in [-0.2, 0) is 6.54 Å². The van der Waals surface area contributed by atoms with Crippen LogP contribution in [0.3, 0.4) is 0 Å². The average Bonchev–Trinajstić information content (AvgIpc) is 2.57. The number of aromatic amines is 1. The minimum atomic E-state index is -0.448. The molecule has 3 aliphatic rings. The van der Waals surface area contributed by atoms with Crippen LogP contribution in [0.2, 0.25) is 0 Å². The Kier molecular flexibility index (Phi) is 3.21. The Balaban J connectivity index is 1.72. The molecule has 0 aromatic carbocycles. The number of fused-ring (bicyclic) bond motifs is 3. The summed E-state index contributed by atoms with van der Waals surface area (Å²) >= 11 is 0. The molecule has 2 aromatic heterocycles. The number of nitrogens with one attached hydrogen (secondary N) is 1. The van der Waals surface area contributed by atoms with Gasteiger partial charge in [-0.05, 0) is 54.6 Å². The van der Waals surface area contributed by atoms with Gasteiger partial charge >= 0.3 is 0 Å². The first kappa shape index (κ1) is 15.2. The van der Waals surface area contributed by atoms with E-state index in [4.69, 9.17) is 5.26 Å². The SMILES string of the molecule is CC1(C)[C@@H]2CC[C@H](Cn3ccc4[nH]c(=O)c(C#N)cc4c3=O)[C@H]1C2. The molecule has 24 heavy (non-hydrogen) atoms. The van der Waals surface area contributed by atoms with Crippen molar-refractivity contribution in [2.24, 2.45) is 23.2 Å². The summed E-state index contributed by atoms with van der Waals surface area (Å²) in [5.74, 6) is 2.05. The number of hydrogen-bond acceptors (Lipinski definition) is 3. The van der Waals surface area contributed by atoms with Crippen LogP contribution < -0.4 is 11.1 Å². The Bertz CT molecular complexity index is 975. The minimum absolute atomic E-state index is 0.0158. The molecule has 5 rings (SSSR count). The zero-order valence-electron chi connectivity index (χ0n) is 14.0. The van der Waals surface area contributed by atoms with E-state index >= 15 is 0 Å². The van der Waals surface area contributed by atoms with Crippen LogP contribution in [0.1, 0.15) is 38.7 Å². The summed E-state index contributed by atoms with van der Waals surface area (Å²) in [7, 11) is 0. The molecule has 3 atom stereocenters. The van der Waals surface area contributed by atoms with Crippen molar-refractivity contribution >= 4 is 10.9 Å². The Hall–Kier alpha value is -2.35. The smallest absolute Gasteiger partial charge is 0.266 e. The highest BCUT2D eigenvalue weighted by Gasteiger charge is 2.54. The third kappa shape index (κ3) is 2.06. The molecule has 1 N–H and O–H groups in total. The van der Waals surface area contributed by atoms with Crippen LogP contribution in [0, 0.1) is 34.5 Å². The van der Waals surface area contributed by atoms with Gasteiger partial charge < -0.3 is 9.55 Å². The second-order valence-corrected chi connectivity index (χ2v) is 7.92. The maximum Gasteiger partial charge on any atom is 0.266 e. The fourth-order valence-electron chi connectivity index (χ4n) is 4.90. The van der Waals surface area contributed by atoms with E-state index in [1.54, 1.807) is 16.8 Å². The average molecular weight is 323 g/mol. The molecule has 124 valence electrons. The number of aromatic nitrogens is 2. The molecule has 0 amide bonds. The second-order valence-electron chi connectivity index (χ2n) is 7.92. The summed E-state index contributed by atoms with van der Waals surface area (Å²) < 4.78 is 1.75. The van der Waals surface area contributed by atoms with Gasteiger partial charge in [0.25, 0.3) is 11.1 Å². The highest BCUT2D eigenvalue weighted by atomic mass is 16.1. The van der Waals surface area contributed by atoms with Gasteiger partial charge in [-0.2, -0.15) is 5.26 Å². The Morgan fingerprint density at radius 3 is 2.83 bits per heavy atom. The Morgan fingerprint density at radius 1 is 1.38 bits per heavy atom. The number of rotatable bonds is 2. The van der Waals surface area contributed by atoms with Gasteiger partial charge in [0.2, 0.25) is 0 Å². The molecule has 3 saturated carbocycles. The van der Waals surface area contributed by atoms with Crippen LogP contribution in [0.4, 0.5) is 0 Å². The van der Waals surface area contributed by atoms with Crippen molar-refractivity contribution in [3.8, 4) is 6.07 Å². The molecule has 2 bridgehead atoms. The molecular weight excluding hydrogens is 302 g/mol. The normalized spacial score (nSPS) is 27.5. The van der Waals surface area contributed by atoms with Gasteiger partial charge in [-0.25, -0.2) is 0 Å². The second kappa shape index (κ2) is 5.07. The van der Waals surface area contributed by atoms with E-state index < -0.39 is 5.56 Å². The van der Waals surface area contributed by atoms with Gasteiger partial charge in [0.1, 0.15) is 11.6 Å². The first-order valence-electron chi connectivity index (χ1n) is 8.58. The molecule has 5 nitrogen and oxygen atoms in total. The van der Waals surface area contributed by atoms with Crippen LogP contribution in [0.15, 0.2) is 27.9 Å². The number of pyridine rings is 2. The molecule has 5 heteroatoms. The molecular formula is C19H21N3O2. The summed E-state index contributed by atoms with van der Waals surface area (Å²) in [5.41, 5.74) is 0.296. The molecule has 0 unspecified atom stereocenters. The van der Waals surface area contributed by atoms with Crippen molar-refractivity contribution < 1.29 is 0 Å². The van der Waals surface area contributed by atoms with Crippen molar-refractivity contribution in [1.29, 1.82) is 5.26 Å². The molecule has 0 saturated heterocycles. The van der Waals surface area contributed by atoms with Crippen LogP contribution >= 0.6 is 0 Å². The van der Waals surface area contributed by atoms with Gasteiger partial charge in [-0.3, -0.25) is 9.59 Å². The molecule has 2 heterocycles. The summed E-state index contributed by atoms with van der Waals surface area (Å²) in [6.45, 7) is 5.42. The summed E-state index contributed by atoms with van der Waals surface area (Å²) in [5, 5.41) is 9.43. The van der Waals surface area contributed by atoms with E-state index in [9.17, 15) is 9.59 Å². The summed E-state index contributed by atoms with van der Waals surface area (Å²) in [6.07, 6.45) is 5.48. The van der Waals surface area contributed by atoms with Crippen LogP contribution in [0.5, 0.6) is 0 Å². The molecule has 0 radical (unpaired) electrons. The van der Waals surface area contributed by atoms with Crippen molar-refractivity contribution in [3.05, 3.63) is 44.6 Å². The summed E-state index contributed by atoms with van der Waals surface area (Å²) in [4.78, 5) is 27.1. The van der Waals surface area contributed by atoms with Gasteiger partial charge in [0.05, 0.1) is 10.9 Å². The zero-order chi connectivity index (χ0) is 17.1. The third-order valence-electron chi connectivity index (χ3n) is 6.54. The first-order chi connectivity index (χ1) is 11.4. The van der Waals surface area contributed by atoms with Crippen LogP contribution in [0.25, 0.3) is 10.9 Å². The monoisotopic (exact) mass is 323 g/mol. The number of hydrogen-bond donors (Lipinski definition) is 1. The lowest BCUT2D eigenvalue weighted by Crippen LogP contribution is -2.53. The third-order valence-corrected chi connectivity index (χ3v) is 6.54. The van der Waals surface area contributed by atoms with Crippen LogP contribution in [-0.4, -0.2) is 9.55 Å². The number of nitrogens with zero attached hydrogens (tertiary/aromatic N) is 2. The van der Waals surface area contributed by atoms with Gasteiger partial charge in [0.15, 0.2) is 0 Å². The summed E-state index contributed by atoms with van der Waals surface area (Å²) in [6, 6.07) is 5.02. The molecule has 0 aliphatic heterocycles. The molecule has 2 aromatic rings. The van der Waals surface area contributed by atoms with E-state index in [2.05, 4.69) is 18.8 Å². The lowest BCUT2D eigenvalue weighted by Gasteiger charge is -2.60.